The molecule has 1 saturated heterocycles. The summed E-state index contributed by atoms with van der Waals surface area (Å²) in [6, 6.07) is 0. The number of halogens is 1. The van der Waals surface area contributed by atoms with E-state index in [-0.39, 0.29) is 22.4 Å². The Labute approximate surface area is 105 Å². The summed E-state index contributed by atoms with van der Waals surface area (Å²) in [5.74, 6) is -0.156. The molecule has 1 aromatic heterocycles. The number of carbonyl (C=O) groups is 1. The first-order valence-electron chi connectivity index (χ1n) is 5.39. The van der Waals surface area contributed by atoms with Gasteiger partial charge in [0.05, 0.1) is 24.6 Å². The zero-order valence-electron chi connectivity index (χ0n) is 9.81. The van der Waals surface area contributed by atoms with Crippen molar-refractivity contribution in [2.24, 2.45) is 0 Å². The number of ether oxygens (including phenoxy) is 1. The maximum atomic E-state index is 12.1. The minimum Gasteiger partial charge on any atom is -0.372 e. The summed E-state index contributed by atoms with van der Waals surface area (Å²) in [5.41, 5.74) is -0.0462. The third-order valence-electron chi connectivity index (χ3n) is 2.54. The van der Waals surface area contributed by atoms with Crippen LogP contribution in [0.3, 0.4) is 0 Å². The van der Waals surface area contributed by atoms with Crippen molar-refractivity contribution in [3.63, 3.8) is 0 Å². The molecule has 0 radical (unpaired) electrons. The molecule has 92 valence electrons. The predicted molar refractivity (Wildman–Crippen MR) is 63.0 cm³/mol. The highest BCUT2D eigenvalue weighted by Gasteiger charge is 2.30. The monoisotopic (exact) mass is 255 g/mol. The van der Waals surface area contributed by atoms with Crippen molar-refractivity contribution in [3.8, 4) is 0 Å². The van der Waals surface area contributed by atoms with E-state index in [4.69, 9.17) is 16.3 Å². The highest BCUT2D eigenvalue weighted by molar-refractivity contribution is 6.29. The second-order valence-electron chi connectivity index (χ2n) is 4.56. The fourth-order valence-corrected chi connectivity index (χ4v) is 1.94. The third-order valence-corrected chi connectivity index (χ3v) is 2.72. The van der Waals surface area contributed by atoms with Crippen LogP contribution in [0.1, 0.15) is 24.3 Å². The Morgan fingerprint density at radius 2 is 2.29 bits per heavy atom. The number of hydrogen-bond acceptors (Lipinski definition) is 4. The summed E-state index contributed by atoms with van der Waals surface area (Å²) in [6.45, 7) is 5.55. The van der Waals surface area contributed by atoms with Crippen LogP contribution in [-0.2, 0) is 4.74 Å². The second-order valence-corrected chi connectivity index (χ2v) is 4.95. The lowest BCUT2D eigenvalue weighted by atomic mass is 10.1. The van der Waals surface area contributed by atoms with Crippen molar-refractivity contribution in [2.75, 3.05) is 19.7 Å². The Balaban J connectivity index is 2.15. The van der Waals surface area contributed by atoms with Crippen molar-refractivity contribution in [1.82, 2.24) is 14.9 Å². The molecule has 1 aliphatic heterocycles. The Morgan fingerprint density at radius 3 is 2.94 bits per heavy atom. The van der Waals surface area contributed by atoms with Crippen LogP contribution in [0.4, 0.5) is 0 Å². The minimum atomic E-state index is -0.320. The molecule has 17 heavy (non-hydrogen) atoms. The zero-order chi connectivity index (χ0) is 12.5. The number of carbonyl (C=O) groups excluding carboxylic acids is 1. The van der Waals surface area contributed by atoms with Crippen molar-refractivity contribution in [1.29, 1.82) is 0 Å². The largest absolute Gasteiger partial charge is 0.372 e. The summed E-state index contributed by atoms with van der Waals surface area (Å²) in [7, 11) is 0. The number of nitrogens with zero attached hydrogens (tertiary/aromatic N) is 3. The predicted octanol–water partition coefficient (Wildman–Crippen LogP) is 1.38. The Kier molecular flexibility index (Phi) is 3.31. The lowest BCUT2D eigenvalue weighted by molar-refractivity contribution is -0.0765. The quantitative estimate of drug-likeness (QED) is 0.761. The smallest absolute Gasteiger partial charge is 0.274 e. The van der Waals surface area contributed by atoms with Gasteiger partial charge in [0.2, 0.25) is 0 Å². The van der Waals surface area contributed by atoms with Crippen LogP contribution < -0.4 is 0 Å². The fourth-order valence-electron chi connectivity index (χ4n) is 1.80. The summed E-state index contributed by atoms with van der Waals surface area (Å²) >= 11 is 5.71. The molecule has 0 aliphatic carbocycles. The topological polar surface area (TPSA) is 55.3 Å². The van der Waals surface area contributed by atoms with Gasteiger partial charge in [0.25, 0.3) is 5.91 Å². The number of aromatic nitrogens is 2. The molecule has 0 saturated carbocycles. The van der Waals surface area contributed by atoms with E-state index in [2.05, 4.69) is 9.97 Å². The SMILES string of the molecule is CC1(C)CN(C(=O)c2cncc(Cl)n2)CCO1. The van der Waals surface area contributed by atoms with Gasteiger partial charge in [-0.3, -0.25) is 9.78 Å². The van der Waals surface area contributed by atoms with Crippen LogP contribution in [0.2, 0.25) is 5.15 Å². The van der Waals surface area contributed by atoms with E-state index < -0.39 is 0 Å². The molecular weight excluding hydrogens is 242 g/mol. The van der Waals surface area contributed by atoms with E-state index in [0.29, 0.717) is 19.7 Å². The number of hydrogen-bond donors (Lipinski definition) is 0. The van der Waals surface area contributed by atoms with Gasteiger partial charge >= 0.3 is 0 Å². The van der Waals surface area contributed by atoms with E-state index in [1.165, 1.54) is 12.4 Å². The molecule has 0 aromatic carbocycles. The molecule has 5 nitrogen and oxygen atoms in total. The maximum absolute atomic E-state index is 12.1. The van der Waals surface area contributed by atoms with Crippen LogP contribution in [0.25, 0.3) is 0 Å². The lowest BCUT2D eigenvalue weighted by Gasteiger charge is -2.37. The lowest BCUT2D eigenvalue weighted by Crippen LogP contribution is -2.50. The molecule has 1 amide bonds. The standard InChI is InChI=1S/C11H14ClN3O2/c1-11(2)7-15(3-4-17-11)10(16)8-5-13-6-9(12)14-8/h5-6H,3-4,7H2,1-2H3. The van der Waals surface area contributed by atoms with Crippen LogP contribution in [0.5, 0.6) is 0 Å². The molecular formula is C11H14ClN3O2. The van der Waals surface area contributed by atoms with E-state index in [1.807, 2.05) is 13.8 Å². The molecule has 0 unspecified atom stereocenters. The van der Waals surface area contributed by atoms with Crippen LogP contribution in [-0.4, -0.2) is 46.1 Å². The summed E-state index contributed by atoms with van der Waals surface area (Å²) in [6.07, 6.45) is 2.83. The van der Waals surface area contributed by atoms with E-state index in [0.717, 1.165) is 0 Å². The molecule has 6 heteroatoms. The van der Waals surface area contributed by atoms with Gasteiger partial charge < -0.3 is 9.64 Å². The second kappa shape index (κ2) is 4.58. The summed E-state index contributed by atoms with van der Waals surface area (Å²) < 4.78 is 5.55. The van der Waals surface area contributed by atoms with E-state index in [1.54, 1.807) is 4.90 Å². The normalized spacial score (nSPS) is 19.1. The Morgan fingerprint density at radius 1 is 1.53 bits per heavy atom. The van der Waals surface area contributed by atoms with Gasteiger partial charge in [-0.1, -0.05) is 11.6 Å². The molecule has 2 heterocycles. The fraction of sp³-hybridized carbons (Fsp3) is 0.545. The Bertz CT molecular complexity index is 436. The number of amides is 1. The molecule has 0 spiro atoms. The van der Waals surface area contributed by atoms with Gasteiger partial charge in [-0.15, -0.1) is 0 Å². The van der Waals surface area contributed by atoms with Gasteiger partial charge in [0, 0.05) is 13.1 Å². The minimum absolute atomic E-state index is 0.156. The molecule has 0 atom stereocenters. The summed E-state index contributed by atoms with van der Waals surface area (Å²) in [4.78, 5) is 21.7. The Hall–Kier alpha value is -1.20. The zero-order valence-corrected chi connectivity index (χ0v) is 10.6. The first kappa shape index (κ1) is 12.3. The van der Waals surface area contributed by atoms with Gasteiger partial charge in [-0.05, 0) is 13.8 Å². The van der Waals surface area contributed by atoms with Gasteiger partial charge in [-0.2, -0.15) is 0 Å². The van der Waals surface area contributed by atoms with Crippen LogP contribution in [0, 0.1) is 0 Å². The highest BCUT2D eigenvalue weighted by atomic mass is 35.5. The van der Waals surface area contributed by atoms with Crippen molar-refractivity contribution in [3.05, 3.63) is 23.2 Å². The number of morpholine rings is 1. The molecule has 1 aliphatic rings. The first-order chi connectivity index (χ1) is 7.98. The van der Waals surface area contributed by atoms with Gasteiger partial charge in [0.15, 0.2) is 0 Å². The average Bonchev–Trinajstić information content (AvgIpc) is 2.26. The van der Waals surface area contributed by atoms with Crippen molar-refractivity contribution >= 4 is 17.5 Å². The van der Waals surface area contributed by atoms with Crippen LogP contribution >= 0.6 is 11.6 Å². The third kappa shape index (κ3) is 2.92. The molecule has 1 aromatic rings. The number of rotatable bonds is 1. The van der Waals surface area contributed by atoms with Gasteiger partial charge in [0.1, 0.15) is 10.8 Å². The highest BCUT2D eigenvalue weighted by Crippen LogP contribution is 2.18. The summed E-state index contributed by atoms with van der Waals surface area (Å²) in [5, 5.41) is 0.225. The molecule has 2 rings (SSSR count). The van der Waals surface area contributed by atoms with E-state index in [9.17, 15) is 4.79 Å². The maximum Gasteiger partial charge on any atom is 0.274 e. The van der Waals surface area contributed by atoms with Crippen LogP contribution in [0.15, 0.2) is 12.4 Å². The van der Waals surface area contributed by atoms with Gasteiger partial charge in [-0.25, -0.2) is 4.98 Å². The average molecular weight is 256 g/mol. The molecule has 0 N–H and O–H groups in total. The van der Waals surface area contributed by atoms with Crippen molar-refractivity contribution < 1.29 is 9.53 Å². The molecule has 1 fully saturated rings. The van der Waals surface area contributed by atoms with Crippen molar-refractivity contribution in [2.45, 2.75) is 19.4 Å². The molecule has 0 bridgehead atoms. The first-order valence-corrected chi connectivity index (χ1v) is 5.76. The van der Waals surface area contributed by atoms with E-state index >= 15 is 0 Å².